The number of amides is 1. The summed E-state index contributed by atoms with van der Waals surface area (Å²) >= 11 is 1.41. The highest BCUT2D eigenvalue weighted by atomic mass is 32.2. The first-order valence-electron chi connectivity index (χ1n) is 11.0. The third-order valence-electron chi connectivity index (χ3n) is 6.26. The molecule has 1 N–H and O–H groups in total. The monoisotopic (exact) mass is 433 g/mol. The smallest absolute Gasteiger partial charge is 0.264 e. The summed E-state index contributed by atoms with van der Waals surface area (Å²) in [6, 6.07) is 12.6. The van der Waals surface area contributed by atoms with E-state index >= 15 is 0 Å². The molecule has 1 unspecified atom stereocenters. The van der Waals surface area contributed by atoms with Gasteiger partial charge in [-0.05, 0) is 111 Å². The topological polar surface area (TPSA) is 44.7 Å². The van der Waals surface area contributed by atoms with Crippen LogP contribution in [0.25, 0.3) is 6.08 Å². The summed E-state index contributed by atoms with van der Waals surface area (Å²) in [5, 5.41) is 3.54. The van der Waals surface area contributed by atoms with Crippen molar-refractivity contribution >= 4 is 40.3 Å². The van der Waals surface area contributed by atoms with Crippen LogP contribution in [-0.4, -0.2) is 23.2 Å². The van der Waals surface area contributed by atoms with Gasteiger partial charge in [0.2, 0.25) is 0 Å². The van der Waals surface area contributed by atoms with Crippen molar-refractivity contribution in [3.63, 3.8) is 0 Å². The number of aryl methyl sites for hydroxylation is 2. The fourth-order valence-corrected chi connectivity index (χ4v) is 5.67. The van der Waals surface area contributed by atoms with Gasteiger partial charge in [0.25, 0.3) is 5.91 Å². The zero-order chi connectivity index (χ0) is 22.3. The first-order valence-corrected chi connectivity index (χ1v) is 11.8. The Bertz CT molecular complexity index is 1100. The normalized spacial score (nSPS) is 22.7. The van der Waals surface area contributed by atoms with Crippen LogP contribution < -0.4 is 10.2 Å². The fourth-order valence-electron chi connectivity index (χ4n) is 4.84. The lowest BCUT2D eigenvalue weighted by Gasteiger charge is -2.47. The van der Waals surface area contributed by atoms with E-state index in [1.54, 1.807) is 0 Å². The molecule has 0 radical (unpaired) electrons. The van der Waals surface area contributed by atoms with Crippen LogP contribution in [0.15, 0.2) is 46.3 Å². The second-order valence-electron chi connectivity index (χ2n) is 9.25. The molecule has 0 aliphatic carbocycles. The van der Waals surface area contributed by atoms with Crippen LogP contribution in [0.5, 0.6) is 0 Å². The van der Waals surface area contributed by atoms with E-state index in [0.29, 0.717) is 16.0 Å². The van der Waals surface area contributed by atoms with Crippen LogP contribution in [0.2, 0.25) is 0 Å². The standard InChI is InChI=1S/C26H31N3OS/c1-7-29-22-12-17(3)19(13-21(22)18(4)15-26(29,5)6)14-23-24(30)28-25(31-23)27-20-10-8-9-16(2)11-20/h8-14,18H,7,15H2,1-6H3,(H,27,28,30)/b23-14+. The van der Waals surface area contributed by atoms with E-state index in [9.17, 15) is 4.79 Å². The summed E-state index contributed by atoms with van der Waals surface area (Å²) < 4.78 is 0. The molecule has 2 aromatic carbocycles. The molecule has 1 saturated heterocycles. The molecule has 4 nitrogen and oxygen atoms in total. The molecule has 2 heterocycles. The largest absolute Gasteiger partial charge is 0.366 e. The van der Waals surface area contributed by atoms with Gasteiger partial charge in [-0.2, -0.15) is 0 Å². The molecule has 1 fully saturated rings. The van der Waals surface area contributed by atoms with Crippen molar-refractivity contribution in [1.29, 1.82) is 0 Å². The highest BCUT2D eigenvalue weighted by molar-refractivity contribution is 8.18. The van der Waals surface area contributed by atoms with E-state index < -0.39 is 0 Å². The van der Waals surface area contributed by atoms with Gasteiger partial charge in [0.15, 0.2) is 5.17 Å². The first-order chi connectivity index (χ1) is 14.7. The molecule has 2 aromatic rings. The predicted octanol–water partition coefficient (Wildman–Crippen LogP) is 6.31. The maximum Gasteiger partial charge on any atom is 0.264 e. The highest BCUT2D eigenvalue weighted by Gasteiger charge is 2.35. The number of nitrogens with one attached hydrogen (secondary N) is 1. The lowest BCUT2D eigenvalue weighted by atomic mass is 9.79. The summed E-state index contributed by atoms with van der Waals surface area (Å²) in [5.41, 5.74) is 7.14. The molecular formula is C26H31N3OS. The van der Waals surface area contributed by atoms with Gasteiger partial charge in [0.1, 0.15) is 0 Å². The molecule has 2 aliphatic rings. The minimum Gasteiger partial charge on any atom is -0.366 e. The number of nitrogens with zero attached hydrogens (tertiary/aromatic N) is 2. The van der Waals surface area contributed by atoms with Crippen LogP contribution in [0.4, 0.5) is 11.4 Å². The second kappa shape index (κ2) is 8.19. The van der Waals surface area contributed by atoms with Crippen molar-refractivity contribution in [2.75, 3.05) is 11.4 Å². The number of hydrogen-bond acceptors (Lipinski definition) is 4. The number of amidine groups is 1. The first kappa shape index (κ1) is 21.7. The zero-order valence-corrected chi connectivity index (χ0v) is 20.1. The molecule has 4 rings (SSSR count). The Balaban J connectivity index is 1.67. The number of fused-ring (bicyclic) bond motifs is 1. The second-order valence-corrected chi connectivity index (χ2v) is 10.3. The fraction of sp³-hybridized carbons (Fsp3) is 0.385. The van der Waals surface area contributed by atoms with Crippen molar-refractivity contribution in [2.24, 2.45) is 4.99 Å². The van der Waals surface area contributed by atoms with Gasteiger partial charge in [-0.25, -0.2) is 4.99 Å². The number of aliphatic imine (C=N–C) groups is 1. The van der Waals surface area contributed by atoms with Gasteiger partial charge in [-0.1, -0.05) is 19.1 Å². The molecule has 0 bridgehead atoms. The van der Waals surface area contributed by atoms with Gasteiger partial charge in [0, 0.05) is 17.8 Å². The number of anilines is 1. The molecule has 2 aliphatic heterocycles. The molecule has 5 heteroatoms. The summed E-state index contributed by atoms with van der Waals surface area (Å²) in [7, 11) is 0. The third kappa shape index (κ3) is 4.29. The molecule has 0 spiro atoms. The number of carbonyl (C=O) groups excluding carboxylic acids is 1. The van der Waals surface area contributed by atoms with E-state index in [4.69, 9.17) is 0 Å². The third-order valence-corrected chi connectivity index (χ3v) is 7.17. The van der Waals surface area contributed by atoms with E-state index in [1.807, 2.05) is 37.3 Å². The van der Waals surface area contributed by atoms with Crippen molar-refractivity contribution in [3.8, 4) is 0 Å². The Kier molecular flexibility index (Phi) is 5.73. The molecule has 31 heavy (non-hydrogen) atoms. The molecule has 162 valence electrons. The van der Waals surface area contributed by atoms with Crippen molar-refractivity contribution in [3.05, 3.63) is 63.6 Å². The Labute approximate surface area is 189 Å². The van der Waals surface area contributed by atoms with Crippen molar-refractivity contribution < 1.29 is 4.79 Å². The Morgan fingerprint density at radius 2 is 2.03 bits per heavy atom. The SMILES string of the molecule is CCN1c2cc(C)c(/C=C3/SC(=Nc4cccc(C)c4)NC3=O)cc2C(C)CC1(C)C. The van der Waals surface area contributed by atoms with Gasteiger partial charge in [-0.3, -0.25) is 4.79 Å². The van der Waals surface area contributed by atoms with E-state index in [2.05, 4.69) is 62.0 Å². The maximum absolute atomic E-state index is 12.6. The van der Waals surface area contributed by atoms with Crippen LogP contribution in [-0.2, 0) is 4.79 Å². The number of rotatable bonds is 3. The van der Waals surface area contributed by atoms with Crippen LogP contribution in [0, 0.1) is 13.8 Å². The summed E-state index contributed by atoms with van der Waals surface area (Å²) in [4.78, 5) is 20.4. The van der Waals surface area contributed by atoms with E-state index in [0.717, 1.165) is 29.8 Å². The van der Waals surface area contributed by atoms with Gasteiger partial charge in [0.05, 0.1) is 10.6 Å². The van der Waals surface area contributed by atoms with E-state index in [1.165, 1.54) is 28.6 Å². The minimum absolute atomic E-state index is 0.0853. The Morgan fingerprint density at radius 1 is 1.26 bits per heavy atom. The predicted molar refractivity (Wildman–Crippen MR) is 133 cm³/mol. The molecule has 0 aromatic heterocycles. The lowest BCUT2D eigenvalue weighted by molar-refractivity contribution is -0.115. The van der Waals surface area contributed by atoms with E-state index in [-0.39, 0.29) is 11.4 Å². The Hall–Kier alpha value is -2.53. The number of thioether (sulfide) groups is 1. The maximum atomic E-state index is 12.6. The Morgan fingerprint density at radius 3 is 2.74 bits per heavy atom. The van der Waals surface area contributed by atoms with Crippen molar-refractivity contribution in [2.45, 2.75) is 59.4 Å². The van der Waals surface area contributed by atoms with Gasteiger partial charge >= 0.3 is 0 Å². The van der Waals surface area contributed by atoms with Crippen LogP contribution in [0.1, 0.15) is 62.3 Å². The summed E-state index contributed by atoms with van der Waals surface area (Å²) in [6.45, 7) is 14.3. The molecule has 0 saturated carbocycles. The van der Waals surface area contributed by atoms with Crippen LogP contribution in [0.3, 0.4) is 0 Å². The lowest BCUT2D eigenvalue weighted by Crippen LogP contribution is -2.48. The highest BCUT2D eigenvalue weighted by Crippen LogP contribution is 2.44. The van der Waals surface area contributed by atoms with Gasteiger partial charge < -0.3 is 10.2 Å². The van der Waals surface area contributed by atoms with Gasteiger partial charge in [-0.15, -0.1) is 0 Å². The van der Waals surface area contributed by atoms with Crippen LogP contribution >= 0.6 is 11.8 Å². The quantitative estimate of drug-likeness (QED) is 0.577. The number of hydrogen-bond donors (Lipinski definition) is 1. The number of carbonyl (C=O) groups is 1. The zero-order valence-electron chi connectivity index (χ0n) is 19.2. The minimum atomic E-state index is -0.0853. The number of benzene rings is 2. The molecule has 1 amide bonds. The average Bonchev–Trinajstić information content (AvgIpc) is 3.01. The summed E-state index contributed by atoms with van der Waals surface area (Å²) in [6.07, 6.45) is 3.13. The van der Waals surface area contributed by atoms with Crippen molar-refractivity contribution in [1.82, 2.24) is 5.32 Å². The molecular weight excluding hydrogens is 402 g/mol. The average molecular weight is 434 g/mol. The summed E-state index contributed by atoms with van der Waals surface area (Å²) in [5.74, 6) is 0.395. The molecule has 1 atom stereocenters.